The number of aliphatic hydroxyl groups is 1. The molecule has 0 bridgehead atoms. The van der Waals surface area contributed by atoms with Gasteiger partial charge in [-0.3, -0.25) is 9.10 Å². The molecule has 0 aromatic heterocycles. The van der Waals surface area contributed by atoms with Gasteiger partial charge in [0.05, 0.1) is 29.8 Å². The number of nitrogens with one attached hydrogen (secondary N) is 1. The van der Waals surface area contributed by atoms with E-state index < -0.39 is 22.2 Å². The third-order valence-corrected chi connectivity index (χ3v) is 9.57. The van der Waals surface area contributed by atoms with Crippen LogP contribution in [0.3, 0.4) is 0 Å². The van der Waals surface area contributed by atoms with E-state index in [0.717, 1.165) is 38.5 Å². The van der Waals surface area contributed by atoms with Crippen LogP contribution in [-0.2, 0) is 21.2 Å². The smallest absolute Gasteiger partial charge is 0.264 e. The minimum absolute atomic E-state index is 0.0167. The second kappa shape index (κ2) is 13.0. The SMILES string of the molecule is CCC1(C(=O)N[C@@H](C)[C@H](O)Cc2ccccc2N(CC(C)C)S(=O)(=O)c2ccc(OC)cc2)CCCCC1. The van der Waals surface area contributed by atoms with E-state index in [4.69, 9.17) is 4.74 Å². The second-order valence-electron chi connectivity index (χ2n) is 11.0. The number of hydrogen-bond acceptors (Lipinski definition) is 5. The molecule has 1 aliphatic rings. The molecular weight excluding hydrogens is 500 g/mol. The molecule has 1 amide bonds. The van der Waals surface area contributed by atoms with Gasteiger partial charge < -0.3 is 15.2 Å². The third-order valence-electron chi connectivity index (χ3n) is 7.77. The summed E-state index contributed by atoms with van der Waals surface area (Å²) in [6.45, 7) is 8.11. The van der Waals surface area contributed by atoms with Crippen LogP contribution in [0.4, 0.5) is 5.69 Å². The summed E-state index contributed by atoms with van der Waals surface area (Å²) in [6, 6.07) is 13.2. The molecule has 3 rings (SSSR count). The van der Waals surface area contributed by atoms with E-state index >= 15 is 0 Å². The van der Waals surface area contributed by atoms with E-state index in [2.05, 4.69) is 12.2 Å². The molecule has 2 aromatic rings. The number of carbonyl (C=O) groups excluding carboxylic acids is 1. The number of sulfonamides is 1. The van der Waals surface area contributed by atoms with Crippen LogP contribution in [0, 0.1) is 11.3 Å². The third kappa shape index (κ3) is 6.89. The number of benzene rings is 2. The van der Waals surface area contributed by atoms with Gasteiger partial charge in [-0.15, -0.1) is 0 Å². The van der Waals surface area contributed by atoms with Crippen molar-refractivity contribution >= 4 is 21.6 Å². The molecule has 2 atom stereocenters. The highest BCUT2D eigenvalue weighted by molar-refractivity contribution is 7.92. The Labute approximate surface area is 228 Å². The number of ether oxygens (including phenoxy) is 1. The van der Waals surface area contributed by atoms with Crippen molar-refractivity contribution in [1.29, 1.82) is 0 Å². The Morgan fingerprint density at radius 3 is 2.26 bits per heavy atom. The normalized spacial score (nSPS) is 17.0. The number of nitrogens with zero attached hydrogens (tertiary/aromatic N) is 1. The van der Waals surface area contributed by atoms with Gasteiger partial charge in [-0.1, -0.05) is 58.2 Å². The van der Waals surface area contributed by atoms with E-state index in [9.17, 15) is 18.3 Å². The van der Waals surface area contributed by atoms with E-state index in [0.29, 0.717) is 17.0 Å². The van der Waals surface area contributed by atoms with Gasteiger partial charge in [-0.05, 0) is 68.0 Å². The highest BCUT2D eigenvalue weighted by atomic mass is 32.2. The van der Waals surface area contributed by atoms with Crippen molar-refractivity contribution in [3.8, 4) is 5.75 Å². The summed E-state index contributed by atoms with van der Waals surface area (Å²) in [7, 11) is -2.33. The Hall–Kier alpha value is -2.58. The van der Waals surface area contributed by atoms with Gasteiger partial charge in [0.2, 0.25) is 5.91 Å². The predicted octanol–water partition coefficient (Wildman–Crippen LogP) is 5.32. The van der Waals surface area contributed by atoms with Gasteiger partial charge in [-0.25, -0.2) is 8.42 Å². The lowest BCUT2D eigenvalue weighted by Crippen LogP contribution is -2.49. The van der Waals surface area contributed by atoms with Gasteiger partial charge >= 0.3 is 0 Å². The fourth-order valence-corrected chi connectivity index (χ4v) is 6.95. The maximum absolute atomic E-state index is 13.8. The van der Waals surface area contributed by atoms with Crippen LogP contribution in [0.1, 0.15) is 71.8 Å². The summed E-state index contributed by atoms with van der Waals surface area (Å²) in [6.07, 6.45) is 5.17. The molecule has 0 spiro atoms. The summed E-state index contributed by atoms with van der Waals surface area (Å²) in [5.74, 6) is 0.667. The molecule has 2 N–H and O–H groups in total. The summed E-state index contributed by atoms with van der Waals surface area (Å²) >= 11 is 0. The molecule has 0 unspecified atom stereocenters. The van der Waals surface area contributed by atoms with Crippen molar-refractivity contribution in [2.75, 3.05) is 18.0 Å². The topological polar surface area (TPSA) is 95.9 Å². The first kappa shape index (κ1) is 30.0. The number of methoxy groups -OCH3 is 1. The molecule has 7 nitrogen and oxygen atoms in total. The average molecular weight is 545 g/mol. The van der Waals surface area contributed by atoms with E-state index in [-0.39, 0.29) is 35.1 Å². The van der Waals surface area contributed by atoms with Gasteiger partial charge in [0.1, 0.15) is 5.75 Å². The molecule has 2 aromatic carbocycles. The molecular formula is C30H44N2O5S. The minimum atomic E-state index is -3.87. The first-order valence-corrected chi connectivity index (χ1v) is 15.2. The van der Waals surface area contributed by atoms with Crippen molar-refractivity contribution in [1.82, 2.24) is 5.32 Å². The summed E-state index contributed by atoms with van der Waals surface area (Å²) in [4.78, 5) is 13.4. The Bertz CT molecular complexity index is 1160. The van der Waals surface area contributed by atoms with Crippen LogP contribution in [0.15, 0.2) is 53.4 Å². The zero-order valence-electron chi connectivity index (χ0n) is 23.4. The number of amides is 1. The second-order valence-corrected chi connectivity index (χ2v) is 12.8. The Morgan fingerprint density at radius 2 is 1.68 bits per heavy atom. The Kier molecular flexibility index (Phi) is 10.2. The Morgan fingerprint density at radius 1 is 1.05 bits per heavy atom. The monoisotopic (exact) mass is 544 g/mol. The molecule has 0 saturated heterocycles. The zero-order valence-corrected chi connectivity index (χ0v) is 24.3. The van der Waals surface area contributed by atoms with Gasteiger partial charge in [0.25, 0.3) is 10.0 Å². The maximum atomic E-state index is 13.8. The van der Waals surface area contributed by atoms with Crippen LogP contribution in [0.5, 0.6) is 5.75 Å². The number of aliphatic hydroxyl groups excluding tert-OH is 1. The van der Waals surface area contributed by atoms with Gasteiger partial charge in [0, 0.05) is 18.4 Å². The van der Waals surface area contributed by atoms with Gasteiger partial charge in [-0.2, -0.15) is 0 Å². The molecule has 1 saturated carbocycles. The van der Waals surface area contributed by atoms with E-state index in [1.54, 1.807) is 36.4 Å². The number of hydrogen-bond donors (Lipinski definition) is 2. The highest BCUT2D eigenvalue weighted by Crippen LogP contribution is 2.39. The zero-order chi connectivity index (χ0) is 27.9. The van der Waals surface area contributed by atoms with E-state index in [1.807, 2.05) is 32.9 Å². The molecule has 0 aliphatic heterocycles. The van der Waals surface area contributed by atoms with Crippen molar-refractivity contribution in [3.63, 3.8) is 0 Å². The number of carbonyl (C=O) groups is 1. The molecule has 38 heavy (non-hydrogen) atoms. The standard InChI is InChI=1S/C30H44N2O5S/c1-6-30(18-10-7-11-19-30)29(34)31-23(4)28(33)20-24-12-8-9-13-27(24)32(21-22(2)3)38(35,36)26-16-14-25(37-5)15-17-26/h8-9,12-17,22-23,28,33H,6-7,10-11,18-21H2,1-5H3,(H,31,34)/t23-,28+/m0/s1. The first-order valence-electron chi connectivity index (χ1n) is 13.8. The minimum Gasteiger partial charge on any atom is -0.497 e. The van der Waals surface area contributed by atoms with Gasteiger partial charge in [0.15, 0.2) is 0 Å². The van der Waals surface area contributed by atoms with Crippen LogP contribution in [0.2, 0.25) is 0 Å². The van der Waals surface area contributed by atoms with Crippen LogP contribution in [0.25, 0.3) is 0 Å². The maximum Gasteiger partial charge on any atom is 0.264 e. The van der Waals surface area contributed by atoms with Crippen LogP contribution < -0.4 is 14.4 Å². The van der Waals surface area contributed by atoms with Crippen LogP contribution >= 0.6 is 0 Å². The first-order chi connectivity index (χ1) is 18.0. The molecule has 0 radical (unpaired) electrons. The fourth-order valence-electron chi connectivity index (χ4n) is 5.29. The lowest BCUT2D eigenvalue weighted by molar-refractivity contribution is -0.134. The molecule has 1 aliphatic carbocycles. The average Bonchev–Trinajstić information content (AvgIpc) is 2.92. The number of rotatable bonds is 12. The van der Waals surface area contributed by atoms with Crippen molar-refractivity contribution in [2.45, 2.75) is 89.7 Å². The number of para-hydroxylation sites is 1. The van der Waals surface area contributed by atoms with Crippen molar-refractivity contribution < 1.29 is 23.1 Å². The van der Waals surface area contributed by atoms with E-state index in [1.165, 1.54) is 11.4 Å². The lowest BCUT2D eigenvalue weighted by Gasteiger charge is -2.36. The predicted molar refractivity (Wildman–Crippen MR) is 152 cm³/mol. The largest absolute Gasteiger partial charge is 0.497 e. The summed E-state index contributed by atoms with van der Waals surface area (Å²) in [5.41, 5.74) is 0.888. The summed E-state index contributed by atoms with van der Waals surface area (Å²) in [5, 5.41) is 14.2. The van der Waals surface area contributed by atoms with Crippen LogP contribution in [-0.4, -0.2) is 45.2 Å². The van der Waals surface area contributed by atoms with Crippen molar-refractivity contribution in [3.05, 3.63) is 54.1 Å². The van der Waals surface area contributed by atoms with Crippen molar-refractivity contribution in [2.24, 2.45) is 11.3 Å². The number of anilines is 1. The fraction of sp³-hybridized carbons (Fsp3) is 0.567. The highest BCUT2D eigenvalue weighted by Gasteiger charge is 2.38. The summed E-state index contributed by atoms with van der Waals surface area (Å²) < 4.78 is 34.2. The lowest BCUT2D eigenvalue weighted by atomic mass is 9.71. The molecule has 1 fully saturated rings. The molecule has 210 valence electrons. The molecule has 8 heteroatoms. The molecule has 0 heterocycles. The quantitative estimate of drug-likeness (QED) is 0.377. The Balaban J connectivity index is 1.85.